The molecule has 1 unspecified atom stereocenters. The number of carboxylic acids is 1. The Hall–Kier alpha value is -1.67. The standard InChI is InChI=1S/C10H10BrNO6/c1-17-5-9(10(13)14)18-8-3-6(11)2-7(4-8)12(15)16/h2-4,9H,5H2,1H3,(H,13,14). The number of nitrogens with zero attached hydrogens (tertiary/aromatic N) is 1. The third-order valence-electron chi connectivity index (χ3n) is 1.94. The van der Waals surface area contributed by atoms with Gasteiger partial charge in [-0.2, -0.15) is 0 Å². The summed E-state index contributed by atoms with van der Waals surface area (Å²) in [4.78, 5) is 20.9. The van der Waals surface area contributed by atoms with Gasteiger partial charge in [0.2, 0.25) is 6.10 Å². The number of halogens is 1. The number of non-ortho nitro benzene ring substituents is 1. The van der Waals surface area contributed by atoms with Gasteiger partial charge in [0.05, 0.1) is 17.6 Å². The van der Waals surface area contributed by atoms with Crippen molar-refractivity contribution < 1.29 is 24.3 Å². The first-order valence-electron chi connectivity index (χ1n) is 4.77. The number of nitro benzene ring substituents is 1. The summed E-state index contributed by atoms with van der Waals surface area (Å²) in [5, 5.41) is 19.5. The Morgan fingerprint density at radius 3 is 2.72 bits per heavy atom. The Labute approximate surface area is 111 Å². The van der Waals surface area contributed by atoms with E-state index in [4.69, 9.17) is 14.6 Å². The summed E-state index contributed by atoms with van der Waals surface area (Å²) >= 11 is 3.08. The third-order valence-corrected chi connectivity index (χ3v) is 2.40. The molecule has 1 rings (SSSR count). The fourth-order valence-corrected chi connectivity index (χ4v) is 1.65. The molecule has 18 heavy (non-hydrogen) atoms. The Kier molecular flexibility index (Phi) is 5.05. The van der Waals surface area contributed by atoms with Gasteiger partial charge in [-0.25, -0.2) is 4.79 Å². The first kappa shape index (κ1) is 14.4. The van der Waals surface area contributed by atoms with Crippen LogP contribution in [0, 0.1) is 10.1 Å². The van der Waals surface area contributed by atoms with Gasteiger partial charge in [-0.15, -0.1) is 0 Å². The lowest BCUT2D eigenvalue weighted by atomic mass is 10.3. The quantitative estimate of drug-likeness (QED) is 0.634. The van der Waals surface area contributed by atoms with Crippen molar-refractivity contribution in [3.05, 3.63) is 32.8 Å². The van der Waals surface area contributed by atoms with Crippen LogP contribution >= 0.6 is 15.9 Å². The maximum absolute atomic E-state index is 10.8. The van der Waals surface area contributed by atoms with Crippen LogP contribution in [0.15, 0.2) is 22.7 Å². The van der Waals surface area contributed by atoms with E-state index in [0.29, 0.717) is 4.47 Å². The van der Waals surface area contributed by atoms with Crippen molar-refractivity contribution >= 4 is 27.6 Å². The molecule has 1 aromatic carbocycles. The van der Waals surface area contributed by atoms with Crippen molar-refractivity contribution in [2.45, 2.75) is 6.10 Å². The number of ether oxygens (including phenoxy) is 2. The zero-order valence-electron chi connectivity index (χ0n) is 9.33. The maximum atomic E-state index is 10.8. The molecule has 0 aliphatic carbocycles. The average Bonchev–Trinajstić information content (AvgIpc) is 2.27. The Morgan fingerprint density at radius 1 is 1.56 bits per heavy atom. The third kappa shape index (κ3) is 3.97. The van der Waals surface area contributed by atoms with Gasteiger partial charge in [0.15, 0.2) is 0 Å². The minimum absolute atomic E-state index is 0.0838. The van der Waals surface area contributed by atoms with E-state index in [-0.39, 0.29) is 18.0 Å². The van der Waals surface area contributed by atoms with Crippen LogP contribution < -0.4 is 4.74 Å². The summed E-state index contributed by atoms with van der Waals surface area (Å²) in [6.07, 6.45) is -1.22. The average molecular weight is 320 g/mol. The predicted molar refractivity (Wildman–Crippen MR) is 64.7 cm³/mol. The summed E-state index contributed by atoms with van der Waals surface area (Å²) < 4.78 is 10.2. The van der Waals surface area contributed by atoms with Crippen LogP contribution in [0.1, 0.15) is 0 Å². The molecule has 0 fully saturated rings. The highest BCUT2D eigenvalue weighted by atomic mass is 79.9. The predicted octanol–water partition coefficient (Wildman–Crippen LogP) is 1.84. The van der Waals surface area contributed by atoms with Crippen molar-refractivity contribution in [1.82, 2.24) is 0 Å². The van der Waals surface area contributed by atoms with Crippen LogP contribution in [-0.2, 0) is 9.53 Å². The summed E-state index contributed by atoms with van der Waals surface area (Å²) in [5.74, 6) is -1.12. The van der Waals surface area contributed by atoms with Gasteiger partial charge in [0.1, 0.15) is 5.75 Å². The first-order valence-corrected chi connectivity index (χ1v) is 5.56. The molecular formula is C10H10BrNO6. The summed E-state index contributed by atoms with van der Waals surface area (Å²) in [6.45, 7) is -0.157. The van der Waals surface area contributed by atoms with Crippen LogP contribution in [0.2, 0.25) is 0 Å². The Bertz CT molecular complexity index is 464. The largest absolute Gasteiger partial charge is 0.478 e. The topological polar surface area (TPSA) is 98.9 Å². The van der Waals surface area contributed by atoms with Crippen LogP contribution in [0.3, 0.4) is 0 Å². The van der Waals surface area contributed by atoms with Gasteiger partial charge >= 0.3 is 5.97 Å². The van der Waals surface area contributed by atoms with E-state index < -0.39 is 17.0 Å². The highest BCUT2D eigenvalue weighted by Crippen LogP contribution is 2.26. The van der Waals surface area contributed by atoms with E-state index in [1.165, 1.54) is 19.2 Å². The van der Waals surface area contributed by atoms with Crippen LogP contribution in [0.4, 0.5) is 5.69 Å². The van der Waals surface area contributed by atoms with Crippen molar-refractivity contribution in [1.29, 1.82) is 0 Å². The SMILES string of the molecule is COCC(Oc1cc(Br)cc([N+](=O)[O-])c1)C(=O)O. The molecule has 0 heterocycles. The number of aliphatic carboxylic acids is 1. The van der Waals surface area contributed by atoms with Gasteiger partial charge in [0, 0.05) is 17.6 Å². The van der Waals surface area contributed by atoms with Crippen LogP contribution in [0.25, 0.3) is 0 Å². The Morgan fingerprint density at radius 2 is 2.22 bits per heavy atom. The molecule has 0 bridgehead atoms. The second-order valence-electron chi connectivity index (χ2n) is 3.30. The number of benzene rings is 1. The van der Waals surface area contributed by atoms with Gasteiger partial charge in [-0.05, 0) is 6.07 Å². The van der Waals surface area contributed by atoms with E-state index in [0.717, 1.165) is 6.07 Å². The van der Waals surface area contributed by atoms with Gasteiger partial charge in [-0.3, -0.25) is 10.1 Å². The lowest BCUT2D eigenvalue weighted by Gasteiger charge is -2.14. The zero-order valence-corrected chi connectivity index (χ0v) is 10.9. The van der Waals surface area contributed by atoms with Crippen molar-refractivity contribution in [2.75, 3.05) is 13.7 Å². The number of carboxylic acid groups (broad SMARTS) is 1. The van der Waals surface area contributed by atoms with E-state index in [1.54, 1.807) is 0 Å². The van der Waals surface area contributed by atoms with Crippen molar-refractivity contribution in [3.63, 3.8) is 0 Å². The molecule has 0 saturated carbocycles. The van der Waals surface area contributed by atoms with Crippen molar-refractivity contribution in [2.24, 2.45) is 0 Å². The highest BCUT2D eigenvalue weighted by Gasteiger charge is 2.20. The second-order valence-corrected chi connectivity index (χ2v) is 4.22. The second kappa shape index (κ2) is 6.31. The molecule has 98 valence electrons. The van der Waals surface area contributed by atoms with Gasteiger partial charge < -0.3 is 14.6 Å². The Balaban J connectivity index is 2.95. The summed E-state index contributed by atoms with van der Waals surface area (Å²) in [6, 6.07) is 3.88. The zero-order chi connectivity index (χ0) is 13.7. The molecule has 0 spiro atoms. The first-order chi connectivity index (χ1) is 8.43. The number of rotatable bonds is 6. The maximum Gasteiger partial charge on any atom is 0.347 e. The lowest BCUT2D eigenvalue weighted by Crippen LogP contribution is -2.31. The molecule has 7 nitrogen and oxygen atoms in total. The molecule has 0 saturated heterocycles. The molecule has 0 aliphatic rings. The molecule has 0 radical (unpaired) electrons. The number of hydrogen-bond donors (Lipinski definition) is 1. The molecule has 0 aliphatic heterocycles. The molecule has 8 heteroatoms. The van der Waals surface area contributed by atoms with Gasteiger partial charge in [0.25, 0.3) is 5.69 Å². The van der Waals surface area contributed by atoms with Crippen LogP contribution in [0.5, 0.6) is 5.75 Å². The minimum Gasteiger partial charge on any atom is -0.478 e. The van der Waals surface area contributed by atoms with E-state index in [1.807, 2.05) is 0 Å². The summed E-state index contributed by atoms with van der Waals surface area (Å²) in [7, 11) is 1.34. The normalized spacial score (nSPS) is 11.9. The lowest BCUT2D eigenvalue weighted by molar-refractivity contribution is -0.385. The van der Waals surface area contributed by atoms with Crippen molar-refractivity contribution in [3.8, 4) is 5.75 Å². The molecule has 1 N–H and O–H groups in total. The number of nitro groups is 1. The molecule has 1 aromatic rings. The molecule has 1 atom stereocenters. The molecule has 0 amide bonds. The van der Waals surface area contributed by atoms with E-state index in [2.05, 4.69) is 15.9 Å². The smallest absolute Gasteiger partial charge is 0.347 e. The molecule has 0 aromatic heterocycles. The molecular weight excluding hydrogens is 310 g/mol. The fraction of sp³-hybridized carbons (Fsp3) is 0.300. The highest BCUT2D eigenvalue weighted by molar-refractivity contribution is 9.10. The van der Waals surface area contributed by atoms with Crippen LogP contribution in [-0.4, -0.2) is 35.8 Å². The van der Waals surface area contributed by atoms with E-state index in [9.17, 15) is 14.9 Å². The number of methoxy groups -OCH3 is 1. The minimum atomic E-state index is -1.22. The summed E-state index contributed by atoms with van der Waals surface area (Å²) in [5.41, 5.74) is -0.194. The monoisotopic (exact) mass is 319 g/mol. The number of carbonyl (C=O) groups is 1. The number of hydrogen-bond acceptors (Lipinski definition) is 5. The fourth-order valence-electron chi connectivity index (χ4n) is 1.19. The van der Waals surface area contributed by atoms with Gasteiger partial charge in [-0.1, -0.05) is 15.9 Å². The van der Waals surface area contributed by atoms with E-state index >= 15 is 0 Å².